The highest BCUT2D eigenvalue weighted by molar-refractivity contribution is 7.90. The summed E-state index contributed by atoms with van der Waals surface area (Å²) in [6.07, 6.45) is 9.12. The van der Waals surface area contributed by atoms with Gasteiger partial charge < -0.3 is 10.1 Å². The minimum Gasteiger partial charge on any atom is -0.378 e. The Hall–Kier alpha value is -1.66. The van der Waals surface area contributed by atoms with Crippen LogP contribution >= 0.6 is 0 Å². The molecule has 2 fully saturated rings. The van der Waals surface area contributed by atoms with Gasteiger partial charge in [0.1, 0.15) is 0 Å². The van der Waals surface area contributed by atoms with Gasteiger partial charge in [-0.1, -0.05) is 12.8 Å². The first kappa shape index (κ1) is 23.0. The van der Waals surface area contributed by atoms with E-state index < -0.39 is 10.2 Å². The van der Waals surface area contributed by atoms with Crippen molar-refractivity contribution in [3.63, 3.8) is 0 Å². The van der Waals surface area contributed by atoms with Crippen LogP contribution in [0.1, 0.15) is 56.9 Å². The number of nitrogens with one attached hydrogen (secondary N) is 2. The SMILES string of the molecule is N#Cc1ccc(NS(=O)(=O)N2CCC(OCCCCCCNCC3CC3)CC2)cc1. The van der Waals surface area contributed by atoms with Gasteiger partial charge in [-0.25, -0.2) is 0 Å². The van der Waals surface area contributed by atoms with Crippen molar-refractivity contribution in [2.75, 3.05) is 37.5 Å². The van der Waals surface area contributed by atoms with Crippen molar-refractivity contribution < 1.29 is 13.2 Å². The van der Waals surface area contributed by atoms with Gasteiger partial charge in [-0.05, 0) is 81.8 Å². The van der Waals surface area contributed by atoms with Crippen molar-refractivity contribution in [2.45, 2.75) is 57.5 Å². The number of piperidine rings is 1. The summed E-state index contributed by atoms with van der Waals surface area (Å²) >= 11 is 0. The van der Waals surface area contributed by atoms with Crippen molar-refractivity contribution in [1.29, 1.82) is 5.26 Å². The minimum atomic E-state index is -3.58. The summed E-state index contributed by atoms with van der Waals surface area (Å²) in [7, 11) is -3.58. The quantitative estimate of drug-likeness (QED) is 0.465. The lowest BCUT2D eigenvalue weighted by Crippen LogP contribution is -2.43. The van der Waals surface area contributed by atoms with E-state index in [-0.39, 0.29) is 6.10 Å². The molecule has 166 valence electrons. The van der Waals surface area contributed by atoms with Gasteiger partial charge in [-0.2, -0.15) is 18.0 Å². The van der Waals surface area contributed by atoms with Crippen LogP contribution in [0.15, 0.2) is 24.3 Å². The van der Waals surface area contributed by atoms with Crippen LogP contribution in [0.25, 0.3) is 0 Å². The van der Waals surface area contributed by atoms with E-state index in [0.29, 0.717) is 24.3 Å². The molecule has 1 aliphatic carbocycles. The van der Waals surface area contributed by atoms with Crippen molar-refractivity contribution in [3.8, 4) is 6.07 Å². The summed E-state index contributed by atoms with van der Waals surface area (Å²) in [6.45, 7) is 4.00. The summed E-state index contributed by atoms with van der Waals surface area (Å²) in [5.74, 6) is 0.951. The molecule has 1 aromatic rings. The third-order valence-electron chi connectivity index (χ3n) is 5.73. The van der Waals surface area contributed by atoms with Crippen molar-refractivity contribution in [3.05, 3.63) is 29.8 Å². The Morgan fingerprint density at radius 3 is 2.40 bits per heavy atom. The summed E-state index contributed by atoms with van der Waals surface area (Å²) in [6, 6.07) is 8.43. The van der Waals surface area contributed by atoms with Crippen LogP contribution in [0.4, 0.5) is 5.69 Å². The maximum Gasteiger partial charge on any atom is 0.301 e. The molecule has 2 N–H and O–H groups in total. The van der Waals surface area contributed by atoms with Gasteiger partial charge in [0, 0.05) is 25.4 Å². The fraction of sp³-hybridized carbons (Fsp3) is 0.682. The molecule has 7 nitrogen and oxygen atoms in total. The van der Waals surface area contributed by atoms with E-state index >= 15 is 0 Å². The Labute approximate surface area is 181 Å². The monoisotopic (exact) mass is 434 g/mol. The predicted octanol–water partition coefficient (Wildman–Crippen LogP) is 3.26. The van der Waals surface area contributed by atoms with Crippen LogP contribution in [-0.4, -0.2) is 51.6 Å². The summed E-state index contributed by atoms with van der Waals surface area (Å²) < 4.78 is 35.2. The molecular weight excluding hydrogens is 400 g/mol. The second-order valence-electron chi connectivity index (χ2n) is 8.33. The Bertz CT molecular complexity index is 780. The standard InChI is InChI=1S/C22H34N4O3S/c23-17-19-7-9-21(10-8-19)25-30(27,28)26-14-11-22(12-15-26)29-16-4-2-1-3-13-24-18-20-5-6-20/h7-10,20,22,24-25H,1-6,11-16,18H2. The predicted molar refractivity (Wildman–Crippen MR) is 118 cm³/mol. The lowest BCUT2D eigenvalue weighted by molar-refractivity contribution is 0.0193. The number of anilines is 1. The third kappa shape index (κ3) is 7.88. The smallest absolute Gasteiger partial charge is 0.301 e. The first-order valence-corrected chi connectivity index (χ1v) is 12.6. The van der Waals surface area contributed by atoms with Crippen LogP contribution in [0, 0.1) is 17.2 Å². The van der Waals surface area contributed by atoms with Gasteiger partial charge >= 0.3 is 10.2 Å². The first-order chi connectivity index (χ1) is 14.6. The molecule has 1 saturated heterocycles. The van der Waals surface area contributed by atoms with Crippen LogP contribution in [0.2, 0.25) is 0 Å². The van der Waals surface area contributed by atoms with E-state index in [9.17, 15) is 8.42 Å². The highest BCUT2D eigenvalue weighted by atomic mass is 32.2. The Morgan fingerprint density at radius 1 is 1.03 bits per heavy atom. The van der Waals surface area contributed by atoms with E-state index in [1.54, 1.807) is 24.3 Å². The molecule has 0 unspecified atom stereocenters. The lowest BCUT2D eigenvalue weighted by atomic mass is 10.1. The van der Waals surface area contributed by atoms with E-state index in [4.69, 9.17) is 10.00 Å². The van der Waals surface area contributed by atoms with E-state index in [2.05, 4.69) is 10.0 Å². The Kier molecular flexibility index (Phi) is 8.94. The zero-order valence-corrected chi connectivity index (χ0v) is 18.5. The average molecular weight is 435 g/mol. The number of hydrogen-bond donors (Lipinski definition) is 2. The summed E-state index contributed by atoms with van der Waals surface area (Å²) in [5.41, 5.74) is 0.969. The molecule has 0 spiro atoms. The molecule has 1 aromatic carbocycles. The number of nitrogens with zero attached hydrogens (tertiary/aromatic N) is 2. The highest BCUT2D eigenvalue weighted by Crippen LogP contribution is 2.27. The molecule has 3 rings (SSSR count). The fourth-order valence-corrected chi connectivity index (χ4v) is 4.90. The topological polar surface area (TPSA) is 94.5 Å². The second kappa shape index (κ2) is 11.7. The molecule has 0 bridgehead atoms. The maximum atomic E-state index is 12.6. The minimum absolute atomic E-state index is 0.145. The number of nitriles is 1. The largest absolute Gasteiger partial charge is 0.378 e. The van der Waals surface area contributed by atoms with E-state index in [0.717, 1.165) is 38.3 Å². The van der Waals surface area contributed by atoms with Crippen LogP contribution in [0.5, 0.6) is 0 Å². The van der Waals surface area contributed by atoms with E-state index in [1.807, 2.05) is 6.07 Å². The molecule has 0 aromatic heterocycles. The summed E-state index contributed by atoms with van der Waals surface area (Å²) in [5, 5.41) is 12.4. The molecule has 8 heteroatoms. The number of rotatable bonds is 13. The van der Waals surface area contributed by atoms with Crippen LogP contribution < -0.4 is 10.0 Å². The maximum absolute atomic E-state index is 12.6. The fourth-order valence-electron chi connectivity index (χ4n) is 3.65. The molecule has 30 heavy (non-hydrogen) atoms. The Balaban J connectivity index is 1.25. The molecule has 0 atom stereocenters. The van der Waals surface area contributed by atoms with Crippen LogP contribution in [-0.2, 0) is 14.9 Å². The molecule has 2 aliphatic rings. The first-order valence-electron chi connectivity index (χ1n) is 11.2. The van der Waals surface area contributed by atoms with Gasteiger partial charge in [0.25, 0.3) is 0 Å². The van der Waals surface area contributed by atoms with Gasteiger partial charge in [-0.3, -0.25) is 4.72 Å². The molecule has 1 heterocycles. The third-order valence-corrected chi connectivity index (χ3v) is 7.27. The van der Waals surface area contributed by atoms with Gasteiger partial charge in [0.2, 0.25) is 0 Å². The van der Waals surface area contributed by atoms with Crippen LogP contribution in [0.3, 0.4) is 0 Å². The average Bonchev–Trinajstić information content (AvgIpc) is 3.57. The summed E-state index contributed by atoms with van der Waals surface area (Å²) in [4.78, 5) is 0. The van der Waals surface area contributed by atoms with Gasteiger partial charge in [-0.15, -0.1) is 0 Å². The highest BCUT2D eigenvalue weighted by Gasteiger charge is 2.28. The van der Waals surface area contributed by atoms with Crippen molar-refractivity contribution >= 4 is 15.9 Å². The van der Waals surface area contributed by atoms with Crippen molar-refractivity contribution in [1.82, 2.24) is 9.62 Å². The Morgan fingerprint density at radius 2 is 1.73 bits per heavy atom. The zero-order chi connectivity index (χ0) is 21.2. The molecular formula is C22H34N4O3S. The number of hydrogen-bond acceptors (Lipinski definition) is 5. The normalized spacial score (nSPS) is 18.2. The molecule has 1 aliphatic heterocycles. The van der Waals surface area contributed by atoms with Gasteiger partial charge in [0.05, 0.1) is 17.7 Å². The number of ether oxygens (including phenoxy) is 1. The number of benzene rings is 1. The number of unbranched alkanes of at least 4 members (excludes halogenated alkanes) is 3. The van der Waals surface area contributed by atoms with Gasteiger partial charge in [0.15, 0.2) is 0 Å². The second-order valence-corrected chi connectivity index (χ2v) is 10.00. The lowest BCUT2D eigenvalue weighted by Gasteiger charge is -2.31. The molecule has 0 radical (unpaired) electrons. The zero-order valence-electron chi connectivity index (χ0n) is 17.7. The van der Waals surface area contributed by atoms with Crippen molar-refractivity contribution in [2.24, 2.45) is 5.92 Å². The molecule has 0 amide bonds. The van der Waals surface area contributed by atoms with E-state index in [1.165, 1.54) is 43.0 Å². The molecule has 1 saturated carbocycles.